The van der Waals surface area contributed by atoms with E-state index in [2.05, 4.69) is 14.8 Å². The minimum absolute atomic E-state index is 0.100. The van der Waals surface area contributed by atoms with E-state index in [9.17, 15) is 22.0 Å². The van der Waals surface area contributed by atoms with Crippen molar-refractivity contribution in [2.75, 3.05) is 11.0 Å². The predicted molar refractivity (Wildman–Crippen MR) is 93.9 cm³/mol. The number of ether oxygens (including phenoxy) is 1. The van der Waals surface area contributed by atoms with Crippen molar-refractivity contribution >= 4 is 21.6 Å². The quantitative estimate of drug-likeness (QED) is 0.768. The Bertz CT molecular complexity index is 871. The van der Waals surface area contributed by atoms with E-state index in [0.29, 0.717) is 5.69 Å². The summed E-state index contributed by atoms with van der Waals surface area (Å²) in [6, 6.07) is 11.6. The van der Waals surface area contributed by atoms with Crippen molar-refractivity contribution in [3.05, 3.63) is 59.7 Å². The normalized spacial score (nSPS) is 12.5. The first kappa shape index (κ1) is 19.6. The maximum atomic E-state index is 12.3. The maximum absolute atomic E-state index is 12.3. The summed E-state index contributed by atoms with van der Waals surface area (Å²) in [4.78, 5) is 12.3. The van der Waals surface area contributed by atoms with Crippen LogP contribution in [-0.4, -0.2) is 27.2 Å². The second-order valence-electron chi connectivity index (χ2n) is 5.60. The van der Waals surface area contributed by atoms with E-state index in [0.717, 1.165) is 11.8 Å². The molecule has 0 aliphatic carbocycles. The largest absolute Gasteiger partial charge is 0.435 e. The molecule has 2 N–H and O–H groups in total. The summed E-state index contributed by atoms with van der Waals surface area (Å²) in [6.45, 7) is -1.22. The van der Waals surface area contributed by atoms with Gasteiger partial charge in [-0.05, 0) is 42.8 Å². The van der Waals surface area contributed by atoms with E-state index in [1.165, 1.54) is 24.3 Å². The fraction of sp³-hybridized carbons (Fsp3) is 0.235. The second-order valence-corrected chi connectivity index (χ2v) is 7.35. The number of sulfonamides is 1. The molecule has 1 unspecified atom stereocenters. The van der Waals surface area contributed by atoms with Crippen LogP contribution in [0.15, 0.2) is 48.5 Å². The van der Waals surface area contributed by atoms with E-state index in [1.807, 2.05) is 0 Å². The molecule has 0 aliphatic heterocycles. The highest BCUT2D eigenvalue weighted by Gasteiger charge is 2.13. The number of alkyl halides is 2. The number of halogens is 2. The molecule has 6 nitrogen and oxygen atoms in total. The van der Waals surface area contributed by atoms with Gasteiger partial charge in [-0.25, -0.2) is 8.42 Å². The van der Waals surface area contributed by atoms with Gasteiger partial charge in [0.25, 0.3) is 5.91 Å². The molecule has 0 radical (unpaired) electrons. The van der Waals surface area contributed by atoms with Crippen molar-refractivity contribution in [3.8, 4) is 5.75 Å². The van der Waals surface area contributed by atoms with Gasteiger partial charge in [-0.15, -0.1) is 0 Å². The van der Waals surface area contributed by atoms with Crippen LogP contribution in [0.4, 0.5) is 14.5 Å². The SMILES string of the molecule is CC(NC(=O)c1cccc(OC(F)F)c1)c1ccc(NS(C)(=O)=O)cc1. The summed E-state index contributed by atoms with van der Waals surface area (Å²) in [5, 5.41) is 2.74. The molecule has 0 fully saturated rings. The highest BCUT2D eigenvalue weighted by molar-refractivity contribution is 7.92. The van der Waals surface area contributed by atoms with E-state index in [1.54, 1.807) is 31.2 Å². The molecule has 0 heterocycles. The number of rotatable bonds is 7. The molecule has 2 rings (SSSR count). The number of nitrogens with one attached hydrogen (secondary N) is 2. The molecule has 0 saturated carbocycles. The van der Waals surface area contributed by atoms with Crippen LogP contribution in [0, 0.1) is 0 Å². The van der Waals surface area contributed by atoms with Crippen molar-refractivity contribution in [2.24, 2.45) is 0 Å². The monoisotopic (exact) mass is 384 g/mol. The van der Waals surface area contributed by atoms with Gasteiger partial charge in [0.05, 0.1) is 12.3 Å². The number of hydrogen-bond donors (Lipinski definition) is 2. The summed E-state index contributed by atoms with van der Waals surface area (Å²) >= 11 is 0. The van der Waals surface area contributed by atoms with Gasteiger partial charge in [0.2, 0.25) is 10.0 Å². The third-order valence-electron chi connectivity index (χ3n) is 3.38. The molecule has 2 aromatic carbocycles. The van der Waals surface area contributed by atoms with Gasteiger partial charge in [0, 0.05) is 11.3 Å². The number of amides is 1. The third-order valence-corrected chi connectivity index (χ3v) is 3.99. The average Bonchev–Trinajstić information content (AvgIpc) is 2.53. The fourth-order valence-corrected chi connectivity index (χ4v) is 2.79. The third kappa shape index (κ3) is 5.99. The Labute approximate surface area is 150 Å². The molecule has 26 heavy (non-hydrogen) atoms. The summed E-state index contributed by atoms with van der Waals surface area (Å²) in [5.41, 5.74) is 1.34. The topological polar surface area (TPSA) is 84.5 Å². The number of carbonyl (C=O) groups is 1. The minimum atomic E-state index is -3.36. The predicted octanol–water partition coefficient (Wildman–Crippen LogP) is 3.15. The molecule has 1 amide bonds. The number of anilines is 1. The van der Waals surface area contributed by atoms with Crippen LogP contribution >= 0.6 is 0 Å². The van der Waals surface area contributed by atoms with Gasteiger partial charge in [-0.2, -0.15) is 8.78 Å². The highest BCUT2D eigenvalue weighted by atomic mass is 32.2. The van der Waals surface area contributed by atoms with Crippen LogP contribution in [0.25, 0.3) is 0 Å². The molecule has 0 aromatic heterocycles. The molecular formula is C17H18F2N2O4S. The lowest BCUT2D eigenvalue weighted by Gasteiger charge is -2.15. The first-order valence-electron chi connectivity index (χ1n) is 7.57. The number of benzene rings is 2. The van der Waals surface area contributed by atoms with Crippen molar-refractivity contribution in [1.82, 2.24) is 5.32 Å². The zero-order valence-corrected chi connectivity index (χ0v) is 14.9. The summed E-state index contributed by atoms with van der Waals surface area (Å²) in [6.07, 6.45) is 1.05. The smallest absolute Gasteiger partial charge is 0.387 e. The summed E-state index contributed by atoms with van der Waals surface area (Å²) in [5.74, 6) is -0.549. The Morgan fingerprint density at radius 2 is 1.77 bits per heavy atom. The molecular weight excluding hydrogens is 366 g/mol. The van der Waals surface area contributed by atoms with Gasteiger partial charge in [0.1, 0.15) is 5.75 Å². The van der Waals surface area contributed by atoms with Crippen molar-refractivity contribution in [3.63, 3.8) is 0 Å². The van der Waals surface area contributed by atoms with Gasteiger partial charge in [0.15, 0.2) is 0 Å². The van der Waals surface area contributed by atoms with Crippen LogP contribution < -0.4 is 14.8 Å². The summed E-state index contributed by atoms with van der Waals surface area (Å²) < 4.78 is 53.5. The molecule has 0 aliphatic rings. The standard InChI is InChI=1S/C17H18F2N2O4S/c1-11(12-6-8-14(9-7-12)21-26(2,23)24)20-16(22)13-4-3-5-15(10-13)25-17(18)19/h3-11,17,21H,1-2H3,(H,20,22). The average molecular weight is 384 g/mol. The lowest BCUT2D eigenvalue weighted by Crippen LogP contribution is -2.26. The van der Waals surface area contributed by atoms with E-state index in [-0.39, 0.29) is 17.4 Å². The Hall–Kier alpha value is -2.68. The molecule has 0 spiro atoms. The van der Waals surface area contributed by atoms with E-state index in [4.69, 9.17) is 0 Å². The van der Waals surface area contributed by atoms with Gasteiger partial charge in [-0.3, -0.25) is 9.52 Å². The molecule has 1 atom stereocenters. The van der Waals surface area contributed by atoms with Crippen LogP contribution in [0.5, 0.6) is 5.75 Å². The first-order chi connectivity index (χ1) is 12.1. The Balaban J connectivity index is 2.05. The Morgan fingerprint density at radius 1 is 1.12 bits per heavy atom. The lowest BCUT2D eigenvalue weighted by atomic mass is 10.1. The molecule has 9 heteroatoms. The molecule has 0 bridgehead atoms. The van der Waals surface area contributed by atoms with Crippen molar-refractivity contribution in [1.29, 1.82) is 0 Å². The highest BCUT2D eigenvalue weighted by Crippen LogP contribution is 2.19. The van der Waals surface area contributed by atoms with Crippen LogP contribution in [0.3, 0.4) is 0 Å². The van der Waals surface area contributed by atoms with Crippen LogP contribution in [0.1, 0.15) is 28.9 Å². The number of carbonyl (C=O) groups excluding carboxylic acids is 1. The van der Waals surface area contributed by atoms with Gasteiger partial charge >= 0.3 is 6.61 Å². The van der Waals surface area contributed by atoms with Crippen LogP contribution in [-0.2, 0) is 10.0 Å². The van der Waals surface area contributed by atoms with E-state index < -0.39 is 22.5 Å². The Morgan fingerprint density at radius 3 is 2.35 bits per heavy atom. The van der Waals surface area contributed by atoms with Crippen molar-refractivity contribution < 1.29 is 26.7 Å². The molecule has 2 aromatic rings. The lowest BCUT2D eigenvalue weighted by molar-refractivity contribution is -0.0498. The van der Waals surface area contributed by atoms with Crippen LogP contribution in [0.2, 0.25) is 0 Å². The minimum Gasteiger partial charge on any atom is -0.435 e. The second kappa shape index (κ2) is 8.13. The summed E-state index contributed by atoms with van der Waals surface area (Å²) in [7, 11) is -3.36. The van der Waals surface area contributed by atoms with Gasteiger partial charge in [-0.1, -0.05) is 18.2 Å². The molecule has 140 valence electrons. The van der Waals surface area contributed by atoms with Crippen molar-refractivity contribution in [2.45, 2.75) is 19.6 Å². The zero-order valence-electron chi connectivity index (χ0n) is 14.1. The maximum Gasteiger partial charge on any atom is 0.387 e. The number of hydrogen-bond acceptors (Lipinski definition) is 4. The van der Waals surface area contributed by atoms with E-state index >= 15 is 0 Å². The first-order valence-corrected chi connectivity index (χ1v) is 9.46. The van der Waals surface area contributed by atoms with Gasteiger partial charge < -0.3 is 10.1 Å². The zero-order chi connectivity index (χ0) is 19.3. The Kier molecular flexibility index (Phi) is 6.14. The fourth-order valence-electron chi connectivity index (χ4n) is 2.23. The molecule has 0 saturated heterocycles.